The van der Waals surface area contributed by atoms with Crippen LogP contribution in [0.25, 0.3) is 0 Å². The molecule has 0 aliphatic rings. The van der Waals surface area contributed by atoms with E-state index in [1.54, 1.807) is 0 Å². The Morgan fingerprint density at radius 1 is 0.500 bits per heavy atom. The highest BCUT2D eigenvalue weighted by atomic mass is 16.6. The summed E-state index contributed by atoms with van der Waals surface area (Å²) in [5.41, 5.74) is 1.83. The van der Waals surface area contributed by atoms with Crippen LogP contribution in [0.3, 0.4) is 0 Å². The average molecular weight is 690 g/mol. The van der Waals surface area contributed by atoms with Gasteiger partial charge in [-0.2, -0.15) is 0 Å². The fourth-order valence-corrected chi connectivity index (χ4v) is 5.20. The molecule has 13 nitrogen and oxygen atoms in total. The van der Waals surface area contributed by atoms with Crippen LogP contribution in [-0.2, 0) is 34.0 Å². The Bertz CT molecular complexity index is 1470. The van der Waals surface area contributed by atoms with Crippen molar-refractivity contribution in [3.05, 3.63) is 146 Å². The predicted molar refractivity (Wildman–Crippen MR) is 187 cm³/mol. The van der Waals surface area contributed by atoms with Gasteiger partial charge < -0.3 is 33.7 Å². The van der Waals surface area contributed by atoms with Crippen LogP contribution in [0.2, 0.25) is 0 Å². The maximum absolute atomic E-state index is 11.2. The Morgan fingerprint density at radius 2 is 0.900 bits per heavy atom. The Morgan fingerprint density at radius 3 is 1.30 bits per heavy atom. The summed E-state index contributed by atoms with van der Waals surface area (Å²) >= 11 is 0. The number of hydrogen-bond donors (Lipinski definition) is 1. The van der Waals surface area contributed by atoms with Gasteiger partial charge in [0.1, 0.15) is 11.3 Å². The van der Waals surface area contributed by atoms with Gasteiger partial charge in [-0.15, -0.1) is 0 Å². The van der Waals surface area contributed by atoms with Crippen molar-refractivity contribution in [2.75, 3.05) is 84.5 Å². The molecule has 0 aliphatic carbocycles. The zero-order valence-electron chi connectivity index (χ0n) is 27.9. The molecule has 0 spiro atoms. The smallest absolute Gasteiger partial charge is 0.299 e. The number of nitro groups is 2. The fourth-order valence-electron chi connectivity index (χ4n) is 5.20. The third-order valence-electron chi connectivity index (χ3n) is 7.53. The Kier molecular flexibility index (Phi) is 16.2. The number of anilines is 1. The topological polar surface area (TPSA) is 154 Å². The summed E-state index contributed by atoms with van der Waals surface area (Å²) < 4.78 is 34.6. The van der Waals surface area contributed by atoms with E-state index in [-0.39, 0.29) is 30.2 Å². The van der Waals surface area contributed by atoms with E-state index in [4.69, 9.17) is 28.4 Å². The van der Waals surface area contributed by atoms with Gasteiger partial charge in [-0.1, -0.05) is 91.0 Å². The summed E-state index contributed by atoms with van der Waals surface area (Å²) in [7, 11) is 0. The average Bonchev–Trinajstić information content (AvgIpc) is 3.15. The Labute approximate surface area is 291 Å². The second-order valence-corrected chi connectivity index (χ2v) is 10.8. The number of non-ortho nitro benzene ring substituents is 1. The molecule has 0 aromatic heterocycles. The molecule has 13 heteroatoms. The molecule has 0 unspecified atom stereocenters. The highest BCUT2D eigenvalue weighted by Gasteiger charge is 2.37. The van der Waals surface area contributed by atoms with E-state index in [2.05, 4.69) is 41.7 Å². The van der Waals surface area contributed by atoms with Crippen LogP contribution >= 0.6 is 0 Å². The van der Waals surface area contributed by atoms with E-state index in [1.807, 2.05) is 54.6 Å². The van der Waals surface area contributed by atoms with Crippen molar-refractivity contribution in [1.29, 1.82) is 0 Å². The normalized spacial score (nSPS) is 11.4. The summed E-state index contributed by atoms with van der Waals surface area (Å²) in [5, 5.41) is 24.9. The molecule has 266 valence electrons. The quantitative estimate of drug-likeness (QED) is 0.0377. The van der Waals surface area contributed by atoms with E-state index in [9.17, 15) is 20.2 Å². The molecule has 4 aromatic carbocycles. The minimum atomic E-state index is -0.777. The lowest BCUT2D eigenvalue weighted by molar-refractivity contribution is -0.393. The number of nitro benzene ring substituents is 2. The van der Waals surface area contributed by atoms with Gasteiger partial charge in [0.05, 0.1) is 88.6 Å². The molecule has 4 aromatic rings. The van der Waals surface area contributed by atoms with Crippen LogP contribution in [0.15, 0.2) is 109 Å². The molecule has 0 saturated carbocycles. The predicted octanol–water partition coefficient (Wildman–Crippen LogP) is 6.01. The molecular weight excluding hydrogens is 646 g/mol. The highest BCUT2D eigenvalue weighted by molar-refractivity contribution is 5.65. The molecule has 0 amide bonds. The lowest BCUT2D eigenvalue weighted by atomic mass is 9.80. The van der Waals surface area contributed by atoms with Crippen molar-refractivity contribution in [3.8, 4) is 0 Å². The van der Waals surface area contributed by atoms with Crippen LogP contribution in [0, 0.1) is 20.2 Å². The molecular formula is C37H43N3O10. The van der Waals surface area contributed by atoms with Gasteiger partial charge in [0.25, 0.3) is 11.4 Å². The first-order chi connectivity index (χ1) is 24.5. The number of rotatable bonds is 25. The van der Waals surface area contributed by atoms with E-state index >= 15 is 0 Å². The fraction of sp³-hybridized carbons (Fsp3) is 0.351. The number of ether oxygens (including phenoxy) is 6. The lowest BCUT2D eigenvalue weighted by Crippen LogP contribution is -2.34. The SMILES string of the molecule is O=[N+]([O-])c1ccc(NCCOCCOCCOCCOCCOCCOC(c2ccccc2)(c2ccccc2)c2ccccc2)c([N+](=O)[O-])c1. The molecule has 0 bridgehead atoms. The molecule has 0 fully saturated rings. The molecule has 1 N–H and O–H groups in total. The molecule has 0 aliphatic heterocycles. The lowest BCUT2D eigenvalue weighted by Gasteiger charge is -2.36. The summed E-state index contributed by atoms with van der Waals surface area (Å²) in [6.45, 7) is 4.60. The zero-order valence-corrected chi connectivity index (χ0v) is 27.9. The van der Waals surface area contributed by atoms with E-state index < -0.39 is 15.4 Å². The van der Waals surface area contributed by atoms with E-state index in [1.165, 1.54) is 12.1 Å². The van der Waals surface area contributed by atoms with Crippen LogP contribution in [-0.4, -0.2) is 89.1 Å². The maximum atomic E-state index is 11.2. The minimum absolute atomic E-state index is 0.187. The third-order valence-corrected chi connectivity index (χ3v) is 7.53. The largest absolute Gasteiger partial charge is 0.377 e. The van der Waals surface area contributed by atoms with Crippen molar-refractivity contribution in [2.45, 2.75) is 5.60 Å². The van der Waals surface area contributed by atoms with Gasteiger partial charge in [0.15, 0.2) is 0 Å². The summed E-state index contributed by atoms with van der Waals surface area (Å²) in [5.74, 6) is 0. The molecule has 0 radical (unpaired) electrons. The van der Waals surface area contributed by atoms with Gasteiger partial charge >= 0.3 is 0 Å². The number of benzene rings is 4. The molecule has 50 heavy (non-hydrogen) atoms. The van der Waals surface area contributed by atoms with Crippen molar-refractivity contribution in [1.82, 2.24) is 0 Å². The summed E-state index contributed by atoms with van der Waals surface area (Å²) in [6.07, 6.45) is 0. The molecule has 0 saturated heterocycles. The first-order valence-corrected chi connectivity index (χ1v) is 16.4. The van der Waals surface area contributed by atoms with Crippen LogP contribution < -0.4 is 5.32 Å². The first-order valence-electron chi connectivity index (χ1n) is 16.4. The van der Waals surface area contributed by atoms with Crippen molar-refractivity contribution in [2.24, 2.45) is 0 Å². The maximum Gasteiger partial charge on any atom is 0.299 e. The summed E-state index contributed by atoms with van der Waals surface area (Å²) in [4.78, 5) is 20.7. The standard InChI is InChI=1S/C37H43N3O10/c41-39(42)34-16-17-35(36(30-34)40(43)44)38-18-19-45-20-21-46-22-23-47-24-25-48-26-27-49-28-29-50-37(31-10-4-1-5-11-31,32-12-6-2-7-13-32)33-14-8-3-9-15-33/h1-17,30,38H,18-29H2. The Hall–Kier alpha value is -4.76. The van der Waals surface area contributed by atoms with Gasteiger partial charge in [-0.05, 0) is 22.8 Å². The van der Waals surface area contributed by atoms with E-state index in [0.29, 0.717) is 66.1 Å². The molecule has 0 heterocycles. The number of hydrogen-bond acceptors (Lipinski definition) is 11. The van der Waals surface area contributed by atoms with E-state index in [0.717, 1.165) is 22.8 Å². The van der Waals surface area contributed by atoms with Crippen LogP contribution in [0.4, 0.5) is 17.1 Å². The number of nitrogens with one attached hydrogen (secondary N) is 1. The second kappa shape index (κ2) is 21.4. The van der Waals surface area contributed by atoms with Crippen molar-refractivity contribution < 1.29 is 38.3 Å². The van der Waals surface area contributed by atoms with Crippen LogP contribution in [0.5, 0.6) is 0 Å². The van der Waals surface area contributed by atoms with Crippen molar-refractivity contribution >= 4 is 17.1 Å². The zero-order chi connectivity index (χ0) is 35.3. The van der Waals surface area contributed by atoms with Crippen molar-refractivity contribution in [3.63, 3.8) is 0 Å². The van der Waals surface area contributed by atoms with Crippen LogP contribution in [0.1, 0.15) is 16.7 Å². The second-order valence-electron chi connectivity index (χ2n) is 10.8. The third kappa shape index (κ3) is 11.7. The highest BCUT2D eigenvalue weighted by Crippen LogP contribution is 2.40. The van der Waals surface area contributed by atoms with Gasteiger partial charge in [-0.25, -0.2) is 0 Å². The van der Waals surface area contributed by atoms with Gasteiger partial charge in [-0.3, -0.25) is 20.2 Å². The molecule has 4 rings (SSSR count). The monoisotopic (exact) mass is 689 g/mol. The first kappa shape index (κ1) is 38.0. The summed E-state index contributed by atoms with van der Waals surface area (Å²) in [6, 6.07) is 34.1. The Balaban J connectivity index is 1.02. The van der Waals surface area contributed by atoms with Gasteiger partial charge in [0.2, 0.25) is 0 Å². The minimum Gasteiger partial charge on any atom is -0.377 e. The van der Waals surface area contributed by atoms with Gasteiger partial charge in [0, 0.05) is 12.6 Å². The number of nitrogens with zero attached hydrogens (tertiary/aromatic N) is 2. The molecule has 0 atom stereocenters.